The maximum Gasteiger partial charge on any atom is 0.346 e. The van der Waals surface area contributed by atoms with E-state index in [1.54, 1.807) is 24.3 Å². The Balaban J connectivity index is 1.27. The molecule has 220 valence electrons. The zero-order valence-corrected chi connectivity index (χ0v) is 24.1. The molecule has 0 fully saturated rings. The average Bonchev–Trinajstić information content (AvgIpc) is 3.51. The van der Waals surface area contributed by atoms with Crippen molar-refractivity contribution < 1.29 is 33.5 Å². The first kappa shape index (κ1) is 28.6. The van der Waals surface area contributed by atoms with Crippen LogP contribution in [0.5, 0.6) is 23.0 Å². The van der Waals surface area contributed by atoms with Crippen molar-refractivity contribution in [2.75, 3.05) is 13.2 Å². The maximum absolute atomic E-state index is 11.5. The Morgan fingerprint density at radius 1 is 0.977 bits per heavy atom. The first-order chi connectivity index (χ1) is 21.4. The first-order valence-electron chi connectivity index (χ1n) is 13.5. The molecule has 2 heterocycles. The van der Waals surface area contributed by atoms with Crippen LogP contribution < -0.4 is 18.9 Å². The number of fused-ring (bicyclic) bond motifs is 2. The molecule has 0 radical (unpaired) electrons. The van der Waals surface area contributed by atoms with Crippen molar-refractivity contribution in [2.45, 2.75) is 20.1 Å². The number of nitrogens with zero attached hydrogens (tertiary/aromatic N) is 3. The second-order valence-electron chi connectivity index (χ2n) is 9.91. The molecule has 11 heteroatoms. The molecule has 1 aliphatic heterocycles. The highest BCUT2D eigenvalue weighted by atomic mass is 35.5. The van der Waals surface area contributed by atoms with Gasteiger partial charge in [0.25, 0.3) is 0 Å². The largest absolute Gasteiger partial charge is 0.488 e. The number of carboxylic acids is 1. The zero-order chi connectivity index (χ0) is 30.6. The SMILES string of the molecule is Cc1c(COc2cc(OCc3ccc4nonc4c3)c(/C=C(\C#N)C(=O)O)cc2Cl)cccc1-c1ccc2c(c1)OCCO2. The standard InChI is InChI=1S/C33H24ClN3O7/c1-19-22(3-2-4-25(19)21-6-8-29-32(14-21)41-10-9-40-29)18-43-31-15-30(23(13-26(31)34)12-24(16-35)33(38)39)42-17-20-5-7-27-28(11-20)37-44-36-27/h2-8,11-15H,9-10,17-18H2,1H3,(H,38,39)/b24-12+. The average molecular weight is 610 g/mol. The van der Waals surface area contributed by atoms with E-state index in [4.69, 9.17) is 35.2 Å². The quantitative estimate of drug-likeness (QED) is 0.141. The van der Waals surface area contributed by atoms with Crippen LogP contribution in [0, 0.1) is 18.3 Å². The van der Waals surface area contributed by atoms with Gasteiger partial charge in [0.15, 0.2) is 11.5 Å². The molecule has 1 N–H and O–H groups in total. The minimum atomic E-state index is -1.37. The number of aromatic nitrogens is 2. The summed E-state index contributed by atoms with van der Waals surface area (Å²) in [6.45, 7) is 3.36. The van der Waals surface area contributed by atoms with Gasteiger partial charge in [-0.25, -0.2) is 9.42 Å². The van der Waals surface area contributed by atoms with E-state index in [2.05, 4.69) is 10.3 Å². The first-order valence-corrected chi connectivity index (χ1v) is 13.9. The number of carboxylic acid groups (broad SMARTS) is 1. The Kier molecular flexibility index (Phi) is 8.04. The van der Waals surface area contributed by atoms with Gasteiger partial charge in [0.05, 0.1) is 5.02 Å². The molecule has 0 amide bonds. The third-order valence-corrected chi connectivity index (χ3v) is 7.41. The summed E-state index contributed by atoms with van der Waals surface area (Å²) in [7, 11) is 0. The van der Waals surface area contributed by atoms with Crippen molar-refractivity contribution in [3.63, 3.8) is 0 Å². The van der Waals surface area contributed by atoms with Crippen molar-refractivity contribution in [1.82, 2.24) is 10.3 Å². The monoisotopic (exact) mass is 609 g/mol. The number of nitriles is 1. The van der Waals surface area contributed by atoms with Crippen LogP contribution in [0.15, 0.2) is 76.9 Å². The van der Waals surface area contributed by atoms with E-state index in [0.717, 1.165) is 33.6 Å². The van der Waals surface area contributed by atoms with Crippen molar-refractivity contribution in [1.29, 1.82) is 5.26 Å². The molecule has 10 nitrogen and oxygen atoms in total. The number of halogens is 1. The molecule has 5 aromatic rings. The maximum atomic E-state index is 11.5. The number of rotatable bonds is 9. The molecular weight excluding hydrogens is 586 g/mol. The summed E-state index contributed by atoms with van der Waals surface area (Å²) in [4.78, 5) is 11.5. The lowest BCUT2D eigenvalue weighted by molar-refractivity contribution is -0.132. The molecule has 0 atom stereocenters. The van der Waals surface area contributed by atoms with Crippen LogP contribution in [0.3, 0.4) is 0 Å². The second-order valence-corrected chi connectivity index (χ2v) is 10.3. The summed E-state index contributed by atoms with van der Waals surface area (Å²) in [6.07, 6.45) is 1.21. The number of hydrogen-bond acceptors (Lipinski definition) is 9. The van der Waals surface area contributed by atoms with Crippen LogP contribution in [0.1, 0.15) is 22.3 Å². The van der Waals surface area contributed by atoms with Gasteiger partial charge >= 0.3 is 5.97 Å². The van der Waals surface area contributed by atoms with E-state index in [9.17, 15) is 15.2 Å². The summed E-state index contributed by atoms with van der Waals surface area (Å²) in [6, 6.07) is 21.9. The third-order valence-electron chi connectivity index (χ3n) is 7.11. The fourth-order valence-corrected chi connectivity index (χ4v) is 5.02. The summed E-state index contributed by atoms with van der Waals surface area (Å²) < 4.78 is 28.4. The van der Waals surface area contributed by atoms with Crippen LogP contribution in [-0.2, 0) is 18.0 Å². The molecule has 0 spiro atoms. The minimum Gasteiger partial charge on any atom is -0.488 e. The smallest absolute Gasteiger partial charge is 0.346 e. The van der Waals surface area contributed by atoms with E-state index < -0.39 is 11.5 Å². The van der Waals surface area contributed by atoms with Gasteiger partial charge in [0, 0.05) is 11.6 Å². The Morgan fingerprint density at radius 3 is 2.59 bits per heavy atom. The Hall–Kier alpha value is -5.53. The van der Waals surface area contributed by atoms with Gasteiger partial charge in [0.1, 0.15) is 60.6 Å². The van der Waals surface area contributed by atoms with Gasteiger partial charge in [-0.1, -0.05) is 41.9 Å². The van der Waals surface area contributed by atoms with Crippen LogP contribution >= 0.6 is 11.6 Å². The van der Waals surface area contributed by atoms with Crippen LogP contribution in [-0.4, -0.2) is 34.6 Å². The van der Waals surface area contributed by atoms with Crippen LogP contribution in [0.4, 0.5) is 0 Å². The summed E-state index contributed by atoms with van der Waals surface area (Å²) in [5.41, 5.74) is 5.75. The van der Waals surface area contributed by atoms with Gasteiger partial charge in [-0.3, -0.25) is 0 Å². The molecule has 44 heavy (non-hydrogen) atoms. The molecule has 0 aliphatic carbocycles. The highest BCUT2D eigenvalue weighted by Crippen LogP contribution is 2.38. The van der Waals surface area contributed by atoms with Crippen molar-refractivity contribution in [3.05, 3.63) is 99.6 Å². The Morgan fingerprint density at radius 2 is 1.77 bits per heavy atom. The number of aliphatic carboxylic acids is 1. The van der Waals surface area contributed by atoms with Crippen LogP contribution in [0.25, 0.3) is 28.2 Å². The van der Waals surface area contributed by atoms with E-state index in [-0.39, 0.29) is 24.0 Å². The minimum absolute atomic E-state index is 0.107. The summed E-state index contributed by atoms with van der Waals surface area (Å²) in [5.74, 6) is 0.672. The highest BCUT2D eigenvalue weighted by molar-refractivity contribution is 6.32. The molecule has 1 aromatic heterocycles. The normalized spacial score (nSPS) is 12.5. The van der Waals surface area contributed by atoms with Crippen LogP contribution in [0.2, 0.25) is 5.02 Å². The number of carbonyl (C=O) groups is 1. The number of hydrogen-bond donors (Lipinski definition) is 1. The van der Waals surface area contributed by atoms with Gasteiger partial charge in [0.2, 0.25) is 0 Å². The van der Waals surface area contributed by atoms with E-state index in [0.29, 0.717) is 41.3 Å². The fourth-order valence-electron chi connectivity index (χ4n) is 4.79. The lowest BCUT2D eigenvalue weighted by Crippen LogP contribution is -2.15. The molecule has 0 bridgehead atoms. The fraction of sp³-hybridized carbons (Fsp3) is 0.152. The molecule has 4 aromatic carbocycles. The Labute approximate surface area is 256 Å². The topological polar surface area (TPSA) is 137 Å². The Bertz CT molecular complexity index is 1960. The number of ether oxygens (including phenoxy) is 4. The summed E-state index contributed by atoms with van der Waals surface area (Å²) >= 11 is 6.59. The van der Waals surface area contributed by atoms with E-state index >= 15 is 0 Å². The van der Waals surface area contributed by atoms with Gasteiger partial charge in [-0.15, -0.1) is 0 Å². The summed E-state index contributed by atoms with van der Waals surface area (Å²) in [5, 5.41) is 26.6. The van der Waals surface area contributed by atoms with Gasteiger partial charge in [-0.2, -0.15) is 5.26 Å². The van der Waals surface area contributed by atoms with Crippen molar-refractivity contribution in [2.24, 2.45) is 0 Å². The van der Waals surface area contributed by atoms with Gasteiger partial charge in [-0.05, 0) is 81.5 Å². The molecule has 6 rings (SSSR count). The van der Waals surface area contributed by atoms with Gasteiger partial charge < -0.3 is 24.1 Å². The molecule has 0 saturated carbocycles. The van der Waals surface area contributed by atoms with E-state index in [1.165, 1.54) is 12.1 Å². The van der Waals surface area contributed by atoms with Crippen molar-refractivity contribution in [3.8, 4) is 40.2 Å². The number of benzene rings is 4. The lowest BCUT2D eigenvalue weighted by Gasteiger charge is -2.20. The van der Waals surface area contributed by atoms with Crippen molar-refractivity contribution >= 4 is 34.7 Å². The lowest BCUT2D eigenvalue weighted by atomic mass is 9.96. The van der Waals surface area contributed by atoms with E-state index in [1.807, 2.05) is 49.4 Å². The highest BCUT2D eigenvalue weighted by Gasteiger charge is 2.17. The second kappa shape index (κ2) is 12.4. The molecule has 0 saturated heterocycles. The molecule has 0 unspecified atom stereocenters. The predicted octanol–water partition coefficient (Wildman–Crippen LogP) is 6.77. The predicted molar refractivity (Wildman–Crippen MR) is 161 cm³/mol. The molecule has 1 aliphatic rings. The third kappa shape index (κ3) is 6.00. The molecular formula is C33H24ClN3O7. The zero-order valence-electron chi connectivity index (χ0n) is 23.4.